The zero-order valence-electron chi connectivity index (χ0n) is 13.1. The Kier molecular flexibility index (Phi) is 4.45. The molecule has 0 N–H and O–H groups in total. The molecular formula is C16H24N4O2. The molecule has 0 aromatic carbocycles. The number of carbonyl (C=O) groups is 2. The summed E-state index contributed by atoms with van der Waals surface area (Å²) < 4.78 is 1.93. The van der Waals surface area contributed by atoms with Gasteiger partial charge in [-0.3, -0.25) is 9.59 Å². The molecule has 22 heavy (non-hydrogen) atoms. The lowest BCUT2D eigenvalue weighted by atomic mass is 10.1. The maximum Gasteiger partial charge on any atom is 0.242 e. The maximum atomic E-state index is 12.4. The van der Waals surface area contributed by atoms with Gasteiger partial charge in [0.25, 0.3) is 0 Å². The first-order valence-corrected chi connectivity index (χ1v) is 8.20. The summed E-state index contributed by atoms with van der Waals surface area (Å²) in [7, 11) is 0. The minimum atomic E-state index is 0.0561. The van der Waals surface area contributed by atoms with Gasteiger partial charge < -0.3 is 14.4 Å². The molecule has 0 spiro atoms. The van der Waals surface area contributed by atoms with Crippen molar-refractivity contribution in [2.24, 2.45) is 0 Å². The number of aromatic nitrogens is 2. The van der Waals surface area contributed by atoms with Gasteiger partial charge in [-0.2, -0.15) is 0 Å². The van der Waals surface area contributed by atoms with Crippen LogP contribution in [-0.4, -0.2) is 56.8 Å². The van der Waals surface area contributed by atoms with Crippen molar-refractivity contribution >= 4 is 11.8 Å². The third kappa shape index (κ3) is 3.15. The number of nitrogens with zero attached hydrogens (tertiary/aromatic N) is 4. The summed E-state index contributed by atoms with van der Waals surface area (Å²) in [5.74, 6) is 0.169. The van der Waals surface area contributed by atoms with Gasteiger partial charge in [-0.25, -0.2) is 4.98 Å². The van der Waals surface area contributed by atoms with Crippen LogP contribution >= 0.6 is 0 Å². The highest BCUT2D eigenvalue weighted by Crippen LogP contribution is 2.25. The van der Waals surface area contributed by atoms with E-state index in [2.05, 4.69) is 4.98 Å². The standard InChI is InChI=1S/C16H24N4O2/c1-13(19-7-6-17-12-19)10-15(21)18-8-9-20(16(22)11-18)14-4-2-3-5-14/h6-7,12-14H,2-5,8-11H2,1H3. The van der Waals surface area contributed by atoms with E-state index in [0.717, 1.165) is 12.8 Å². The Balaban J connectivity index is 1.53. The largest absolute Gasteiger partial charge is 0.336 e. The predicted octanol–water partition coefficient (Wildman–Crippen LogP) is 1.45. The molecule has 0 radical (unpaired) electrons. The molecule has 2 amide bonds. The topological polar surface area (TPSA) is 58.4 Å². The second-order valence-electron chi connectivity index (χ2n) is 6.40. The average Bonchev–Trinajstić information content (AvgIpc) is 3.20. The van der Waals surface area contributed by atoms with Crippen molar-refractivity contribution in [2.45, 2.75) is 51.1 Å². The summed E-state index contributed by atoms with van der Waals surface area (Å²) >= 11 is 0. The van der Waals surface area contributed by atoms with Crippen LogP contribution in [0, 0.1) is 0 Å². The quantitative estimate of drug-likeness (QED) is 0.846. The van der Waals surface area contributed by atoms with E-state index in [1.54, 1.807) is 17.4 Å². The number of amides is 2. The molecule has 2 fully saturated rings. The zero-order chi connectivity index (χ0) is 15.5. The zero-order valence-corrected chi connectivity index (χ0v) is 13.1. The second-order valence-corrected chi connectivity index (χ2v) is 6.40. The lowest BCUT2D eigenvalue weighted by Gasteiger charge is -2.38. The Morgan fingerprint density at radius 3 is 2.77 bits per heavy atom. The van der Waals surface area contributed by atoms with Crippen molar-refractivity contribution in [1.82, 2.24) is 19.4 Å². The van der Waals surface area contributed by atoms with Crippen LogP contribution in [0.3, 0.4) is 0 Å². The summed E-state index contributed by atoms with van der Waals surface area (Å²) in [6.45, 7) is 3.59. The first-order chi connectivity index (χ1) is 10.6. The minimum absolute atomic E-state index is 0.0561. The third-order valence-corrected chi connectivity index (χ3v) is 4.88. The smallest absolute Gasteiger partial charge is 0.242 e. The fourth-order valence-corrected chi connectivity index (χ4v) is 3.52. The van der Waals surface area contributed by atoms with Gasteiger partial charge in [0.1, 0.15) is 0 Å². The molecule has 1 saturated carbocycles. The highest BCUT2D eigenvalue weighted by molar-refractivity contribution is 5.86. The first-order valence-electron chi connectivity index (χ1n) is 8.20. The number of hydrogen-bond donors (Lipinski definition) is 0. The van der Waals surface area contributed by atoms with E-state index in [0.29, 0.717) is 25.6 Å². The number of piperazine rings is 1. The van der Waals surface area contributed by atoms with Crippen LogP contribution in [0.5, 0.6) is 0 Å². The molecule has 1 aromatic rings. The molecule has 3 rings (SSSR count). The SMILES string of the molecule is CC(CC(=O)N1CCN(C2CCCC2)C(=O)C1)n1ccnc1. The van der Waals surface area contributed by atoms with Gasteiger partial charge in [0.05, 0.1) is 12.9 Å². The van der Waals surface area contributed by atoms with Gasteiger partial charge in [-0.1, -0.05) is 12.8 Å². The molecule has 1 saturated heterocycles. The van der Waals surface area contributed by atoms with E-state index in [4.69, 9.17) is 0 Å². The third-order valence-electron chi connectivity index (χ3n) is 4.88. The summed E-state index contributed by atoms with van der Waals surface area (Å²) in [5, 5.41) is 0. The number of hydrogen-bond acceptors (Lipinski definition) is 3. The molecule has 1 aliphatic carbocycles. The van der Waals surface area contributed by atoms with Crippen molar-refractivity contribution in [1.29, 1.82) is 0 Å². The Morgan fingerprint density at radius 1 is 1.36 bits per heavy atom. The van der Waals surface area contributed by atoms with Gasteiger partial charge in [0, 0.05) is 44.0 Å². The highest BCUT2D eigenvalue weighted by atomic mass is 16.2. The van der Waals surface area contributed by atoms with Gasteiger partial charge >= 0.3 is 0 Å². The van der Waals surface area contributed by atoms with Crippen molar-refractivity contribution in [3.63, 3.8) is 0 Å². The van der Waals surface area contributed by atoms with E-state index < -0.39 is 0 Å². The molecule has 6 heteroatoms. The Bertz CT molecular complexity index is 522. The van der Waals surface area contributed by atoms with Gasteiger partial charge in [-0.15, -0.1) is 0 Å². The lowest BCUT2D eigenvalue weighted by molar-refractivity contribution is -0.147. The molecule has 120 valence electrons. The van der Waals surface area contributed by atoms with E-state index in [1.807, 2.05) is 22.6 Å². The molecule has 2 aliphatic rings. The van der Waals surface area contributed by atoms with Crippen LogP contribution in [0.1, 0.15) is 45.1 Å². The predicted molar refractivity (Wildman–Crippen MR) is 82.1 cm³/mol. The first kappa shape index (κ1) is 15.1. The van der Waals surface area contributed by atoms with Gasteiger partial charge in [0.15, 0.2) is 0 Å². The normalized spacial score (nSPS) is 21.4. The molecular weight excluding hydrogens is 280 g/mol. The molecule has 1 unspecified atom stereocenters. The highest BCUT2D eigenvalue weighted by Gasteiger charge is 2.33. The van der Waals surface area contributed by atoms with Crippen molar-refractivity contribution in [3.05, 3.63) is 18.7 Å². The number of rotatable bonds is 4. The van der Waals surface area contributed by atoms with Gasteiger partial charge in [-0.05, 0) is 19.8 Å². The van der Waals surface area contributed by atoms with Gasteiger partial charge in [0.2, 0.25) is 11.8 Å². The Morgan fingerprint density at radius 2 is 2.14 bits per heavy atom. The van der Waals surface area contributed by atoms with Crippen LogP contribution in [0.15, 0.2) is 18.7 Å². The van der Waals surface area contributed by atoms with E-state index >= 15 is 0 Å². The fourth-order valence-electron chi connectivity index (χ4n) is 3.52. The number of carbonyl (C=O) groups excluding carboxylic acids is 2. The van der Waals surface area contributed by atoms with Crippen molar-refractivity contribution < 1.29 is 9.59 Å². The average molecular weight is 304 g/mol. The number of imidazole rings is 1. The monoisotopic (exact) mass is 304 g/mol. The van der Waals surface area contributed by atoms with Crippen molar-refractivity contribution in [2.75, 3.05) is 19.6 Å². The van der Waals surface area contributed by atoms with Crippen LogP contribution in [0.4, 0.5) is 0 Å². The van der Waals surface area contributed by atoms with Crippen LogP contribution in [0.2, 0.25) is 0 Å². The Hall–Kier alpha value is -1.85. The lowest BCUT2D eigenvalue weighted by Crippen LogP contribution is -2.55. The fraction of sp³-hybridized carbons (Fsp3) is 0.688. The molecule has 6 nitrogen and oxygen atoms in total. The second kappa shape index (κ2) is 6.50. The summed E-state index contributed by atoms with van der Waals surface area (Å²) in [4.78, 5) is 32.4. The molecule has 1 aromatic heterocycles. The van der Waals surface area contributed by atoms with E-state index in [1.165, 1.54) is 12.8 Å². The van der Waals surface area contributed by atoms with E-state index in [-0.39, 0.29) is 24.4 Å². The molecule has 0 bridgehead atoms. The van der Waals surface area contributed by atoms with Crippen LogP contribution in [0.25, 0.3) is 0 Å². The summed E-state index contributed by atoms with van der Waals surface area (Å²) in [6.07, 6.45) is 10.4. The molecule has 1 aliphatic heterocycles. The van der Waals surface area contributed by atoms with E-state index in [9.17, 15) is 9.59 Å². The van der Waals surface area contributed by atoms with Crippen LogP contribution in [-0.2, 0) is 9.59 Å². The summed E-state index contributed by atoms with van der Waals surface area (Å²) in [6, 6.07) is 0.479. The molecule has 1 atom stereocenters. The maximum absolute atomic E-state index is 12.4. The Labute approximate surface area is 131 Å². The molecule has 2 heterocycles. The van der Waals surface area contributed by atoms with Crippen LogP contribution < -0.4 is 0 Å². The minimum Gasteiger partial charge on any atom is -0.336 e. The summed E-state index contributed by atoms with van der Waals surface area (Å²) in [5.41, 5.74) is 0. The van der Waals surface area contributed by atoms with Crippen molar-refractivity contribution in [3.8, 4) is 0 Å².